The van der Waals surface area contributed by atoms with E-state index >= 15 is 0 Å². The van der Waals surface area contributed by atoms with Crippen LogP contribution in [0.25, 0.3) is 0 Å². The van der Waals surface area contributed by atoms with E-state index in [1.165, 1.54) is 12.8 Å². The molecule has 3 nitrogen and oxygen atoms in total. The molecule has 0 saturated heterocycles. The van der Waals surface area contributed by atoms with Gasteiger partial charge in [0.1, 0.15) is 12.4 Å². The zero-order valence-electron chi connectivity index (χ0n) is 13.1. The first-order chi connectivity index (χ1) is 10.1. The van der Waals surface area contributed by atoms with E-state index in [4.69, 9.17) is 4.74 Å². The Labute approximate surface area is 128 Å². The highest BCUT2D eigenvalue weighted by Crippen LogP contribution is 2.29. The standard InChI is InChI=1S/C18H28O3/c1-2-8-17(19)15-9-7-10-16(13-15)21-14-18(20)11-5-3-4-6-12-18/h7,9-10,13,17,19-20H,2-6,8,11-12,14H2,1H3/t17-/m0/s1. The van der Waals surface area contributed by atoms with Gasteiger partial charge in [0.15, 0.2) is 0 Å². The molecule has 1 aliphatic carbocycles. The molecule has 0 aromatic heterocycles. The van der Waals surface area contributed by atoms with Gasteiger partial charge in [0, 0.05) is 0 Å². The van der Waals surface area contributed by atoms with Crippen LogP contribution >= 0.6 is 0 Å². The Kier molecular flexibility index (Phi) is 6.07. The zero-order valence-corrected chi connectivity index (χ0v) is 13.1. The van der Waals surface area contributed by atoms with E-state index in [0.29, 0.717) is 6.61 Å². The van der Waals surface area contributed by atoms with Gasteiger partial charge in [-0.25, -0.2) is 0 Å². The van der Waals surface area contributed by atoms with Crippen molar-refractivity contribution in [2.75, 3.05) is 6.61 Å². The van der Waals surface area contributed by atoms with Gasteiger partial charge in [-0.3, -0.25) is 0 Å². The summed E-state index contributed by atoms with van der Waals surface area (Å²) in [5.74, 6) is 0.736. The monoisotopic (exact) mass is 292 g/mol. The highest BCUT2D eigenvalue weighted by atomic mass is 16.5. The Bertz CT molecular complexity index is 422. The number of hydrogen-bond donors (Lipinski definition) is 2. The van der Waals surface area contributed by atoms with E-state index in [2.05, 4.69) is 6.92 Å². The molecule has 1 fully saturated rings. The predicted molar refractivity (Wildman–Crippen MR) is 84.5 cm³/mol. The Morgan fingerprint density at radius 3 is 2.57 bits per heavy atom. The van der Waals surface area contributed by atoms with E-state index < -0.39 is 11.7 Å². The molecule has 0 heterocycles. The minimum absolute atomic E-state index is 0.348. The Hall–Kier alpha value is -1.06. The fourth-order valence-corrected chi connectivity index (χ4v) is 3.00. The minimum Gasteiger partial charge on any atom is -0.491 e. The number of aliphatic hydroxyl groups excluding tert-OH is 1. The molecule has 2 N–H and O–H groups in total. The molecule has 1 aliphatic rings. The summed E-state index contributed by atoms with van der Waals surface area (Å²) in [7, 11) is 0. The van der Waals surface area contributed by atoms with E-state index in [9.17, 15) is 10.2 Å². The van der Waals surface area contributed by atoms with Gasteiger partial charge in [0.25, 0.3) is 0 Å². The molecule has 0 amide bonds. The lowest BCUT2D eigenvalue weighted by Gasteiger charge is -2.26. The van der Waals surface area contributed by atoms with Crippen molar-refractivity contribution in [3.63, 3.8) is 0 Å². The van der Waals surface area contributed by atoms with Crippen molar-refractivity contribution in [2.45, 2.75) is 70.0 Å². The van der Waals surface area contributed by atoms with Crippen LogP contribution in [0, 0.1) is 0 Å². The third kappa shape index (κ3) is 5.01. The molecule has 1 aromatic rings. The van der Waals surface area contributed by atoms with E-state index in [1.807, 2.05) is 24.3 Å². The molecule has 0 unspecified atom stereocenters. The second-order valence-electron chi connectivity index (χ2n) is 6.30. The van der Waals surface area contributed by atoms with Crippen molar-refractivity contribution in [3.8, 4) is 5.75 Å². The van der Waals surface area contributed by atoms with Crippen molar-refractivity contribution < 1.29 is 14.9 Å². The lowest BCUT2D eigenvalue weighted by atomic mass is 9.96. The largest absolute Gasteiger partial charge is 0.491 e. The van der Waals surface area contributed by atoms with Crippen LogP contribution in [-0.4, -0.2) is 22.4 Å². The Morgan fingerprint density at radius 2 is 1.90 bits per heavy atom. The molecule has 0 radical (unpaired) electrons. The van der Waals surface area contributed by atoms with Gasteiger partial charge in [0.05, 0.1) is 11.7 Å². The van der Waals surface area contributed by atoms with Crippen molar-refractivity contribution in [3.05, 3.63) is 29.8 Å². The third-order valence-corrected chi connectivity index (χ3v) is 4.35. The number of benzene rings is 1. The first kappa shape index (κ1) is 16.3. The van der Waals surface area contributed by atoms with Gasteiger partial charge in [-0.1, -0.05) is 51.2 Å². The maximum Gasteiger partial charge on any atom is 0.119 e. The molecule has 2 rings (SSSR count). The minimum atomic E-state index is -0.686. The maximum atomic E-state index is 10.6. The van der Waals surface area contributed by atoms with E-state index in [1.54, 1.807) is 0 Å². The summed E-state index contributed by atoms with van der Waals surface area (Å²) in [6.45, 7) is 2.41. The first-order valence-corrected chi connectivity index (χ1v) is 8.26. The van der Waals surface area contributed by atoms with Crippen molar-refractivity contribution in [1.29, 1.82) is 0 Å². The third-order valence-electron chi connectivity index (χ3n) is 4.35. The maximum absolute atomic E-state index is 10.6. The summed E-state index contributed by atoms with van der Waals surface area (Å²) in [5.41, 5.74) is 0.205. The molecular weight excluding hydrogens is 264 g/mol. The lowest BCUT2D eigenvalue weighted by Crippen LogP contribution is -2.35. The SMILES string of the molecule is CCC[C@H](O)c1cccc(OCC2(O)CCCCCC2)c1. The molecule has 118 valence electrons. The molecule has 3 heteroatoms. The number of ether oxygens (including phenoxy) is 1. The van der Waals surface area contributed by atoms with Crippen LogP contribution < -0.4 is 4.74 Å². The molecular formula is C18H28O3. The number of rotatable bonds is 6. The molecule has 1 aromatic carbocycles. The van der Waals surface area contributed by atoms with Crippen LogP contribution in [0.4, 0.5) is 0 Å². The second-order valence-corrected chi connectivity index (χ2v) is 6.30. The highest BCUT2D eigenvalue weighted by molar-refractivity contribution is 5.30. The first-order valence-electron chi connectivity index (χ1n) is 8.26. The highest BCUT2D eigenvalue weighted by Gasteiger charge is 2.28. The van der Waals surface area contributed by atoms with Gasteiger partial charge >= 0.3 is 0 Å². The average molecular weight is 292 g/mol. The summed E-state index contributed by atoms with van der Waals surface area (Å²) in [6.07, 6.45) is 7.50. The van der Waals surface area contributed by atoms with Gasteiger partial charge in [-0.05, 0) is 37.0 Å². The molecule has 0 spiro atoms. The van der Waals surface area contributed by atoms with Crippen LogP contribution in [0.5, 0.6) is 5.75 Å². The van der Waals surface area contributed by atoms with Crippen LogP contribution in [0.3, 0.4) is 0 Å². The Morgan fingerprint density at radius 1 is 1.19 bits per heavy atom. The van der Waals surface area contributed by atoms with Crippen molar-refractivity contribution >= 4 is 0 Å². The van der Waals surface area contributed by atoms with Crippen LogP contribution in [0.1, 0.15) is 70.0 Å². The fourth-order valence-electron chi connectivity index (χ4n) is 3.00. The van der Waals surface area contributed by atoms with Gasteiger partial charge in [-0.2, -0.15) is 0 Å². The Balaban J connectivity index is 1.94. The van der Waals surface area contributed by atoms with Crippen LogP contribution in [-0.2, 0) is 0 Å². The lowest BCUT2D eigenvalue weighted by molar-refractivity contribution is -0.0174. The van der Waals surface area contributed by atoms with Gasteiger partial charge < -0.3 is 14.9 Å². The summed E-state index contributed by atoms with van der Waals surface area (Å²) in [4.78, 5) is 0. The van der Waals surface area contributed by atoms with Crippen molar-refractivity contribution in [1.82, 2.24) is 0 Å². The summed E-state index contributed by atoms with van der Waals surface area (Å²) >= 11 is 0. The summed E-state index contributed by atoms with van der Waals surface area (Å²) in [6, 6.07) is 7.61. The normalized spacial score (nSPS) is 19.8. The number of hydrogen-bond acceptors (Lipinski definition) is 3. The van der Waals surface area contributed by atoms with E-state index in [0.717, 1.165) is 49.8 Å². The van der Waals surface area contributed by atoms with E-state index in [-0.39, 0.29) is 0 Å². The summed E-state index contributed by atoms with van der Waals surface area (Å²) in [5, 5.41) is 20.6. The molecule has 1 saturated carbocycles. The van der Waals surface area contributed by atoms with Gasteiger partial charge in [-0.15, -0.1) is 0 Å². The summed E-state index contributed by atoms with van der Waals surface area (Å²) < 4.78 is 5.81. The van der Waals surface area contributed by atoms with Crippen LogP contribution in [0.15, 0.2) is 24.3 Å². The topological polar surface area (TPSA) is 49.7 Å². The second kappa shape index (κ2) is 7.81. The molecule has 1 atom stereocenters. The zero-order chi connectivity index (χ0) is 15.1. The quantitative estimate of drug-likeness (QED) is 0.780. The smallest absolute Gasteiger partial charge is 0.119 e. The molecule has 0 aliphatic heterocycles. The van der Waals surface area contributed by atoms with Crippen LogP contribution in [0.2, 0.25) is 0 Å². The number of aliphatic hydroxyl groups is 2. The molecule has 21 heavy (non-hydrogen) atoms. The predicted octanol–water partition coefficient (Wildman–Crippen LogP) is 3.98. The van der Waals surface area contributed by atoms with Gasteiger partial charge in [0.2, 0.25) is 0 Å². The molecule has 0 bridgehead atoms. The van der Waals surface area contributed by atoms with Crippen molar-refractivity contribution in [2.24, 2.45) is 0 Å². The fraction of sp³-hybridized carbons (Fsp3) is 0.667. The average Bonchev–Trinajstić information content (AvgIpc) is 2.71.